The molecule has 2 amide bonds. The van der Waals surface area contributed by atoms with E-state index in [0.717, 1.165) is 5.56 Å². The lowest BCUT2D eigenvalue weighted by atomic mass is 10.2. The second-order valence-corrected chi connectivity index (χ2v) is 6.15. The summed E-state index contributed by atoms with van der Waals surface area (Å²) in [5.41, 5.74) is 5.99. The van der Waals surface area contributed by atoms with Crippen molar-refractivity contribution in [3.05, 3.63) is 52.0 Å². The van der Waals surface area contributed by atoms with Crippen LogP contribution in [0.4, 0.5) is 0 Å². The minimum absolute atomic E-state index is 0.272. The van der Waals surface area contributed by atoms with Gasteiger partial charge in [-0.3, -0.25) is 20.4 Å². The Hall–Kier alpha value is -2.74. The predicted octanol–water partition coefficient (Wildman–Crippen LogP) is 2.61. The monoisotopic (exact) mass is 422 g/mol. The Morgan fingerprint density at radius 3 is 2.31 bits per heavy atom. The molecule has 0 saturated heterocycles. The zero-order valence-electron chi connectivity index (χ0n) is 14.6. The number of halogens is 1. The maximum Gasteiger partial charge on any atom is 0.276 e. The highest BCUT2D eigenvalue weighted by atomic mass is 79.9. The molecule has 0 heterocycles. The molecule has 7 nitrogen and oxygen atoms in total. The fourth-order valence-corrected chi connectivity index (χ4v) is 2.62. The second-order valence-electron chi connectivity index (χ2n) is 5.29. The van der Waals surface area contributed by atoms with Crippen LogP contribution in [-0.2, 0) is 4.79 Å². The third kappa shape index (κ3) is 5.13. The van der Waals surface area contributed by atoms with Crippen LogP contribution in [0.3, 0.4) is 0 Å². The molecule has 2 rings (SSSR count). The van der Waals surface area contributed by atoms with Crippen LogP contribution in [0.2, 0.25) is 0 Å². The normalized spacial score (nSPS) is 10.0. The van der Waals surface area contributed by atoms with Gasteiger partial charge in [-0.2, -0.15) is 0 Å². The molecule has 0 radical (unpaired) electrons. The average molecular weight is 423 g/mol. The molecule has 0 atom stereocenters. The highest BCUT2D eigenvalue weighted by molar-refractivity contribution is 9.10. The van der Waals surface area contributed by atoms with E-state index in [-0.39, 0.29) is 6.61 Å². The minimum atomic E-state index is -0.506. The van der Waals surface area contributed by atoms with Crippen molar-refractivity contribution in [3.63, 3.8) is 0 Å². The SMILES string of the molecule is COc1ccc(C(=O)NNC(=O)COc2ccc(C)cc2OC)cc1Br. The highest BCUT2D eigenvalue weighted by Crippen LogP contribution is 2.27. The summed E-state index contributed by atoms with van der Waals surface area (Å²) in [6.07, 6.45) is 0. The zero-order chi connectivity index (χ0) is 19.1. The van der Waals surface area contributed by atoms with Crippen molar-refractivity contribution >= 4 is 27.7 Å². The fraction of sp³-hybridized carbons (Fsp3) is 0.222. The van der Waals surface area contributed by atoms with Crippen molar-refractivity contribution in [2.75, 3.05) is 20.8 Å². The highest BCUT2D eigenvalue weighted by Gasteiger charge is 2.11. The summed E-state index contributed by atoms with van der Waals surface area (Å²) in [4.78, 5) is 23.9. The summed E-state index contributed by atoms with van der Waals surface area (Å²) in [6.45, 7) is 1.65. The molecule has 2 aromatic rings. The summed E-state index contributed by atoms with van der Waals surface area (Å²) < 4.78 is 16.4. The van der Waals surface area contributed by atoms with Crippen LogP contribution in [-0.4, -0.2) is 32.6 Å². The number of rotatable bonds is 6. The first-order chi connectivity index (χ1) is 12.4. The molecule has 8 heteroatoms. The lowest BCUT2D eigenvalue weighted by Gasteiger charge is -2.12. The van der Waals surface area contributed by atoms with Crippen LogP contribution in [0.15, 0.2) is 40.9 Å². The Morgan fingerprint density at radius 2 is 1.65 bits per heavy atom. The van der Waals surface area contributed by atoms with E-state index in [2.05, 4.69) is 26.8 Å². The molecule has 0 saturated carbocycles. The van der Waals surface area contributed by atoms with Crippen LogP contribution < -0.4 is 25.1 Å². The maximum atomic E-state index is 12.1. The molecular formula is C18H19BrN2O5. The molecule has 0 fully saturated rings. The van der Waals surface area contributed by atoms with Gasteiger partial charge in [-0.15, -0.1) is 0 Å². The van der Waals surface area contributed by atoms with Crippen molar-refractivity contribution < 1.29 is 23.8 Å². The average Bonchev–Trinajstić information content (AvgIpc) is 2.64. The Labute approximate surface area is 159 Å². The van der Waals surface area contributed by atoms with Crippen LogP contribution in [0.1, 0.15) is 15.9 Å². The topological polar surface area (TPSA) is 85.9 Å². The number of nitrogens with one attached hydrogen (secondary N) is 2. The summed E-state index contributed by atoms with van der Waals surface area (Å²) in [5.74, 6) is 0.609. The molecule has 0 aromatic heterocycles. The Bertz CT molecular complexity index is 810. The molecule has 0 bridgehead atoms. The molecule has 2 N–H and O–H groups in total. The Kier molecular flexibility index (Phi) is 6.85. The van der Waals surface area contributed by atoms with Crippen molar-refractivity contribution in [2.24, 2.45) is 0 Å². The Morgan fingerprint density at radius 1 is 0.962 bits per heavy atom. The number of amides is 2. The van der Waals surface area contributed by atoms with Crippen molar-refractivity contribution in [1.82, 2.24) is 10.9 Å². The third-order valence-corrected chi connectivity index (χ3v) is 4.03. The lowest BCUT2D eigenvalue weighted by molar-refractivity contribution is -0.123. The Balaban J connectivity index is 1.87. The number of hydrogen-bond donors (Lipinski definition) is 2. The van der Waals surface area contributed by atoms with Gasteiger partial charge >= 0.3 is 0 Å². The quantitative estimate of drug-likeness (QED) is 0.698. The number of methoxy groups -OCH3 is 2. The van der Waals surface area contributed by atoms with Crippen LogP contribution in [0.25, 0.3) is 0 Å². The van der Waals surface area contributed by atoms with Crippen LogP contribution in [0.5, 0.6) is 17.2 Å². The van der Waals surface area contributed by atoms with Crippen LogP contribution in [0, 0.1) is 6.92 Å². The summed E-state index contributed by atoms with van der Waals surface area (Å²) in [7, 11) is 3.05. The van der Waals surface area contributed by atoms with Crippen LogP contribution >= 0.6 is 15.9 Å². The minimum Gasteiger partial charge on any atom is -0.496 e. The van der Waals surface area contributed by atoms with Gasteiger partial charge in [-0.1, -0.05) is 6.07 Å². The number of carbonyl (C=O) groups excluding carboxylic acids is 2. The van der Waals surface area contributed by atoms with E-state index < -0.39 is 11.8 Å². The lowest BCUT2D eigenvalue weighted by Crippen LogP contribution is -2.43. The molecular weight excluding hydrogens is 404 g/mol. The summed E-state index contributed by atoms with van der Waals surface area (Å²) in [6, 6.07) is 10.2. The number of hydrazine groups is 1. The first-order valence-corrected chi connectivity index (χ1v) is 8.44. The number of carbonyl (C=O) groups is 2. The van der Waals surface area contributed by atoms with E-state index in [1.54, 1.807) is 30.3 Å². The summed E-state index contributed by atoms with van der Waals surface area (Å²) in [5, 5.41) is 0. The van der Waals surface area contributed by atoms with Gasteiger partial charge in [-0.05, 0) is 58.7 Å². The van der Waals surface area contributed by atoms with Gasteiger partial charge in [0.25, 0.3) is 11.8 Å². The molecule has 2 aromatic carbocycles. The van der Waals surface area contributed by atoms with Crippen molar-refractivity contribution in [3.8, 4) is 17.2 Å². The van der Waals surface area contributed by atoms with Gasteiger partial charge in [0, 0.05) is 5.56 Å². The molecule has 0 unspecified atom stereocenters. The smallest absolute Gasteiger partial charge is 0.276 e. The molecule has 0 aliphatic rings. The summed E-state index contributed by atoms with van der Waals surface area (Å²) >= 11 is 3.30. The number of aryl methyl sites for hydroxylation is 1. The molecule has 0 spiro atoms. The van der Waals surface area contributed by atoms with E-state index >= 15 is 0 Å². The van der Waals surface area contributed by atoms with Gasteiger partial charge in [0.1, 0.15) is 5.75 Å². The number of benzene rings is 2. The molecule has 26 heavy (non-hydrogen) atoms. The van der Waals surface area contributed by atoms with E-state index in [0.29, 0.717) is 27.3 Å². The largest absolute Gasteiger partial charge is 0.496 e. The first-order valence-electron chi connectivity index (χ1n) is 7.64. The van der Waals surface area contributed by atoms with E-state index in [9.17, 15) is 9.59 Å². The first kappa shape index (κ1) is 19.6. The van der Waals surface area contributed by atoms with Gasteiger partial charge < -0.3 is 14.2 Å². The predicted molar refractivity (Wildman–Crippen MR) is 99.5 cm³/mol. The van der Waals surface area contributed by atoms with Gasteiger partial charge in [0.15, 0.2) is 18.1 Å². The number of ether oxygens (including phenoxy) is 3. The zero-order valence-corrected chi connectivity index (χ0v) is 16.2. The third-order valence-electron chi connectivity index (χ3n) is 3.41. The fourth-order valence-electron chi connectivity index (χ4n) is 2.08. The molecule has 0 aliphatic carbocycles. The molecule has 138 valence electrons. The molecule has 0 aliphatic heterocycles. The standard InChI is InChI=1S/C18H19BrN2O5/c1-11-4-6-15(16(8-11)25-3)26-10-17(22)20-21-18(23)12-5-7-14(24-2)13(19)9-12/h4-9H,10H2,1-3H3,(H,20,22)(H,21,23). The van der Waals surface area contributed by atoms with Gasteiger partial charge in [0.2, 0.25) is 0 Å². The number of hydrogen-bond acceptors (Lipinski definition) is 5. The van der Waals surface area contributed by atoms with Gasteiger partial charge in [-0.25, -0.2) is 0 Å². The van der Waals surface area contributed by atoms with Gasteiger partial charge in [0.05, 0.1) is 18.7 Å². The van der Waals surface area contributed by atoms with E-state index in [4.69, 9.17) is 14.2 Å². The van der Waals surface area contributed by atoms with Crippen molar-refractivity contribution in [2.45, 2.75) is 6.92 Å². The van der Waals surface area contributed by atoms with E-state index in [1.807, 2.05) is 13.0 Å². The second kappa shape index (κ2) is 9.10. The maximum absolute atomic E-state index is 12.1. The van der Waals surface area contributed by atoms with E-state index in [1.165, 1.54) is 14.2 Å². The van der Waals surface area contributed by atoms with Crippen molar-refractivity contribution in [1.29, 1.82) is 0 Å².